The van der Waals surface area contributed by atoms with E-state index in [2.05, 4.69) is 66.3 Å². The minimum absolute atomic E-state index is 0.131. The summed E-state index contributed by atoms with van der Waals surface area (Å²) in [5.74, 6) is 2.15. The van der Waals surface area contributed by atoms with Crippen LogP contribution in [0.25, 0.3) is 11.1 Å². The number of hydrogen-bond donors (Lipinski definition) is 2. The molecule has 0 amide bonds. The fourth-order valence-electron chi connectivity index (χ4n) is 6.56. The number of nitrogens with one attached hydrogen (secondary N) is 1. The van der Waals surface area contributed by atoms with Crippen LogP contribution in [0.15, 0.2) is 67.0 Å². The number of aromatic nitrogens is 1. The van der Waals surface area contributed by atoms with Crippen molar-refractivity contribution in [1.82, 2.24) is 15.2 Å². The second-order valence-electron chi connectivity index (χ2n) is 14.7. The normalized spacial score (nSPS) is 14.9. The van der Waals surface area contributed by atoms with Crippen LogP contribution in [-0.2, 0) is 19.8 Å². The van der Waals surface area contributed by atoms with Gasteiger partial charge in [-0.25, -0.2) is 0 Å². The highest BCUT2D eigenvalue weighted by atomic mass is 35.5. The number of likely N-dealkylation sites (tertiary alicyclic amines) is 1. The molecule has 1 aliphatic heterocycles. The molecule has 0 saturated carbocycles. The van der Waals surface area contributed by atoms with Crippen molar-refractivity contribution in [3.8, 4) is 34.4 Å². The van der Waals surface area contributed by atoms with E-state index in [0.29, 0.717) is 41.3 Å². The smallest absolute Gasteiger partial charge is 0.142 e. The Morgan fingerprint density at radius 3 is 2.48 bits per heavy atom. The van der Waals surface area contributed by atoms with Crippen molar-refractivity contribution in [2.75, 3.05) is 32.8 Å². The maximum atomic E-state index is 9.47. The van der Waals surface area contributed by atoms with E-state index in [-0.39, 0.29) is 18.6 Å². The summed E-state index contributed by atoms with van der Waals surface area (Å²) in [5.41, 5.74) is 7.74. The lowest BCUT2D eigenvalue weighted by atomic mass is 9.93. The van der Waals surface area contributed by atoms with Gasteiger partial charge in [0.15, 0.2) is 0 Å². The lowest BCUT2D eigenvalue weighted by Crippen LogP contribution is -2.36. The Hall–Kier alpha value is -4.13. The molecule has 1 atom stereocenters. The number of halogens is 1. The third kappa shape index (κ3) is 10.5. The maximum Gasteiger partial charge on any atom is 0.142 e. The Kier molecular flexibility index (Phi) is 14.0. The van der Waals surface area contributed by atoms with E-state index in [4.69, 9.17) is 25.8 Å². The van der Waals surface area contributed by atoms with Gasteiger partial charge in [0.05, 0.1) is 17.2 Å². The number of hydrogen-bond acceptors (Lipinski definition) is 8. The largest absolute Gasteiger partial charge is 0.493 e. The molecule has 5 rings (SSSR count). The van der Waals surface area contributed by atoms with E-state index < -0.39 is 0 Å². The summed E-state index contributed by atoms with van der Waals surface area (Å²) in [6, 6.07) is 20.8. The van der Waals surface area contributed by atoms with Crippen molar-refractivity contribution in [1.29, 1.82) is 5.26 Å². The van der Waals surface area contributed by atoms with Gasteiger partial charge in [0, 0.05) is 60.7 Å². The Morgan fingerprint density at radius 1 is 0.942 bits per heavy atom. The van der Waals surface area contributed by atoms with Gasteiger partial charge >= 0.3 is 0 Å². The molecule has 1 aromatic heterocycles. The predicted molar refractivity (Wildman–Crippen MR) is 208 cm³/mol. The molecule has 2 heterocycles. The summed E-state index contributed by atoms with van der Waals surface area (Å²) in [6.45, 7) is 15.3. The lowest BCUT2D eigenvalue weighted by Gasteiger charge is -2.33. The van der Waals surface area contributed by atoms with Crippen LogP contribution in [0.4, 0.5) is 0 Å². The first-order chi connectivity index (χ1) is 25.1. The molecule has 2 N–H and O–H groups in total. The summed E-state index contributed by atoms with van der Waals surface area (Å²) in [4.78, 5) is 6.68. The second kappa shape index (κ2) is 18.6. The monoisotopic (exact) mass is 724 g/mol. The zero-order valence-corrected chi connectivity index (χ0v) is 32.1. The van der Waals surface area contributed by atoms with E-state index in [1.807, 2.05) is 38.1 Å². The van der Waals surface area contributed by atoms with Crippen molar-refractivity contribution >= 4 is 11.6 Å². The molecule has 52 heavy (non-hydrogen) atoms. The Bertz CT molecular complexity index is 1840. The Morgan fingerprint density at radius 2 is 1.71 bits per heavy atom. The van der Waals surface area contributed by atoms with Crippen molar-refractivity contribution < 1.29 is 19.3 Å². The van der Waals surface area contributed by atoms with Gasteiger partial charge in [-0.3, -0.25) is 9.88 Å². The second-order valence-corrected chi connectivity index (χ2v) is 15.1. The number of nitriles is 1. The summed E-state index contributed by atoms with van der Waals surface area (Å²) in [6.07, 6.45) is 7.75. The van der Waals surface area contributed by atoms with Crippen molar-refractivity contribution in [3.05, 3.63) is 105 Å². The molecule has 1 fully saturated rings. The van der Waals surface area contributed by atoms with Gasteiger partial charge in [0.2, 0.25) is 0 Å². The molecule has 1 saturated heterocycles. The molecule has 4 aromatic rings. The third-order valence-corrected chi connectivity index (χ3v) is 10.2. The summed E-state index contributed by atoms with van der Waals surface area (Å²) in [7, 11) is 0. The quantitative estimate of drug-likeness (QED) is 0.104. The molecule has 276 valence electrons. The number of benzene rings is 3. The number of nitrogens with zero attached hydrogens (tertiary/aromatic N) is 3. The lowest BCUT2D eigenvalue weighted by molar-refractivity contribution is 0.150. The first-order valence-electron chi connectivity index (χ1n) is 18.4. The van der Waals surface area contributed by atoms with Crippen LogP contribution in [0.1, 0.15) is 79.8 Å². The van der Waals surface area contributed by atoms with Crippen molar-refractivity contribution in [2.45, 2.75) is 86.1 Å². The number of rotatable bonds is 17. The molecule has 0 spiro atoms. The van der Waals surface area contributed by atoms with Crippen LogP contribution in [0, 0.1) is 30.6 Å². The third-order valence-electron chi connectivity index (χ3n) is 9.94. The van der Waals surface area contributed by atoms with Gasteiger partial charge in [-0.15, -0.1) is 0 Å². The van der Waals surface area contributed by atoms with Gasteiger partial charge in [0.25, 0.3) is 0 Å². The van der Waals surface area contributed by atoms with E-state index in [9.17, 15) is 10.4 Å². The first-order valence-corrected chi connectivity index (χ1v) is 18.8. The van der Waals surface area contributed by atoms with Crippen molar-refractivity contribution in [2.24, 2.45) is 5.41 Å². The highest BCUT2D eigenvalue weighted by Gasteiger charge is 2.22. The van der Waals surface area contributed by atoms with E-state index >= 15 is 0 Å². The van der Waals surface area contributed by atoms with Crippen LogP contribution in [0.2, 0.25) is 5.02 Å². The minimum atomic E-state index is -0.131. The van der Waals surface area contributed by atoms with E-state index in [1.54, 1.807) is 18.5 Å². The Labute approximate surface area is 314 Å². The van der Waals surface area contributed by atoms with Gasteiger partial charge < -0.3 is 24.6 Å². The van der Waals surface area contributed by atoms with Crippen LogP contribution in [-0.4, -0.2) is 53.9 Å². The number of piperidine rings is 1. The molecule has 3 aromatic carbocycles. The Balaban J connectivity index is 1.30. The topological polar surface area (TPSA) is 99.9 Å². The van der Waals surface area contributed by atoms with Crippen LogP contribution in [0.3, 0.4) is 0 Å². The minimum Gasteiger partial charge on any atom is -0.493 e. The first kappa shape index (κ1) is 39.1. The zero-order valence-electron chi connectivity index (χ0n) is 31.3. The zero-order chi connectivity index (χ0) is 37.1. The van der Waals surface area contributed by atoms with Gasteiger partial charge in [-0.1, -0.05) is 62.2 Å². The fraction of sp³-hybridized carbons (Fsp3) is 0.442. The summed E-state index contributed by atoms with van der Waals surface area (Å²) in [5, 5.41) is 22.8. The SMILES string of the molecule is Cc1c(COc2cc(OCc3cncc(C#N)c3)c(CN3CCCC[C@H]3C)cc2Cl)cccc1-c1cccc(OCCCNCC(C)(C)CO)c1C. The number of ether oxygens (including phenoxy) is 3. The highest BCUT2D eigenvalue weighted by molar-refractivity contribution is 6.32. The molecule has 0 unspecified atom stereocenters. The number of aliphatic hydroxyl groups is 1. The van der Waals surface area contributed by atoms with Gasteiger partial charge in [-0.05, 0) is 99.1 Å². The predicted octanol–water partition coefficient (Wildman–Crippen LogP) is 8.80. The molecule has 9 heteroatoms. The summed E-state index contributed by atoms with van der Waals surface area (Å²) < 4.78 is 19.0. The van der Waals surface area contributed by atoms with E-state index in [1.165, 1.54) is 19.3 Å². The van der Waals surface area contributed by atoms with Crippen LogP contribution < -0.4 is 19.5 Å². The molecule has 0 bridgehead atoms. The number of pyridine rings is 1. The average molecular weight is 725 g/mol. The summed E-state index contributed by atoms with van der Waals surface area (Å²) >= 11 is 6.91. The van der Waals surface area contributed by atoms with Crippen LogP contribution >= 0.6 is 11.6 Å². The van der Waals surface area contributed by atoms with Gasteiger partial charge in [-0.2, -0.15) is 5.26 Å². The van der Waals surface area contributed by atoms with Gasteiger partial charge in [0.1, 0.15) is 36.5 Å². The standard InChI is InChI=1S/C43H53ClN4O4/c1-30-11-6-7-17-48(30)25-36-20-39(44)42(21-41(36)51-26-34-19-33(22-45)23-47-24-34)52-27-35-12-8-13-37(31(35)2)38-14-9-15-40(32(38)3)50-18-10-16-46-28-43(4,5)29-49/h8-9,12-15,19-21,23-24,30,46,49H,6-7,10-11,16-18,25-29H2,1-5H3/t30-/m1/s1. The molecular formula is C43H53ClN4O4. The highest BCUT2D eigenvalue weighted by Crippen LogP contribution is 2.37. The fourth-order valence-corrected chi connectivity index (χ4v) is 6.80. The molecular weight excluding hydrogens is 672 g/mol. The van der Waals surface area contributed by atoms with Crippen LogP contribution in [0.5, 0.6) is 17.2 Å². The molecule has 0 radical (unpaired) electrons. The molecule has 8 nitrogen and oxygen atoms in total. The maximum absolute atomic E-state index is 9.47. The average Bonchev–Trinajstić information content (AvgIpc) is 3.14. The molecule has 1 aliphatic rings. The molecule has 0 aliphatic carbocycles. The number of aliphatic hydroxyl groups excluding tert-OH is 1. The van der Waals surface area contributed by atoms with Crippen molar-refractivity contribution in [3.63, 3.8) is 0 Å². The van der Waals surface area contributed by atoms with E-state index in [0.717, 1.165) is 77.3 Å².